The molecule has 0 amide bonds. The van der Waals surface area contributed by atoms with Crippen molar-refractivity contribution in [2.45, 2.75) is 71.1 Å². The molecule has 1 aliphatic rings. The lowest BCUT2D eigenvalue weighted by Gasteiger charge is -2.29. The first-order valence-electron chi connectivity index (χ1n) is 7.52. The second kappa shape index (κ2) is 8.42. The molecule has 1 rings (SSSR count). The van der Waals surface area contributed by atoms with Crippen molar-refractivity contribution >= 4 is 11.8 Å². The van der Waals surface area contributed by atoms with Gasteiger partial charge in [-0.05, 0) is 31.2 Å². The maximum Gasteiger partial charge on any atom is 0.0183 e. The first kappa shape index (κ1) is 15.4. The Morgan fingerprint density at radius 1 is 1.29 bits per heavy atom. The average molecular weight is 257 g/mol. The second-order valence-corrected chi connectivity index (χ2v) is 7.11. The summed E-state index contributed by atoms with van der Waals surface area (Å²) in [6.07, 6.45) is 7.10. The lowest BCUT2D eigenvalue weighted by atomic mass is 9.91. The minimum absolute atomic E-state index is 0.715. The summed E-state index contributed by atoms with van der Waals surface area (Å²) in [5.41, 5.74) is 0. The molecule has 1 saturated carbocycles. The highest BCUT2D eigenvalue weighted by Crippen LogP contribution is 2.32. The van der Waals surface area contributed by atoms with Crippen LogP contribution in [0.25, 0.3) is 0 Å². The summed E-state index contributed by atoms with van der Waals surface area (Å²) in [6, 6.07) is 0.715. The van der Waals surface area contributed by atoms with Gasteiger partial charge in [0, 0.05) is 17.0 Å². The number of rotatable bonds is 7. The lowest BCUT2D eigenvalue weighted by Crippen LogP contribution is -2.37. The van der Waals surface area contributed by atoms with Crippen LogP contribution in [0.2, 0.25) is 0 Å². The van der Waals surface area contributed by atoms with Crippen molar-refractivity contribution < 1.29 is 0 Å². The summed E-state index contributed by atoms with van der Waals surface area (Å²) in [5.74, 6) is 3.08. The number of hydrogen-bond donors (Lipinski definition) is 1. The lowest BCUT2D eigenvalue weighted by molar-refractivity contribution is 0.388. The van der Waals surface area contributed by atoms with E-state index in [-0.39, 0.29) is 0 Å². The van der Waals surface area contributed by atoms with E-state index < -0.39 is 0 Å². The van der Waals surface area contributed by atoms with Crippen LogP contribution in [0.15, 0.2) is 0 Å². The average Bonchev–Trinajstić information content (AvgIpc) is 2.33. The SMILES string of the molecule is CCNC(CSC1CCCC(C)C1)C(C)CC. The van der Waals surface area contributed by atoms with E-state index in [9.17, 15) is 0 Å². The van der Waals surface area contributed by atoms with Gasteiger partial charge in [0.05, 0.1) is 0 Å². The zero-order chi connectivity index (χ0) is 12.7. The number of thioether (sulfide) groups is 1. The molecule has 0 bridgehead atoms. The Labute approximate surface area is 113 Å². The fourth-order valence-electron chi connectivity index (χ4n) is 2.74. The topological polar surface area (TPSA) is 12.0 Å². The summed E-state index contributed by atoms with van der Waals surface area (Å²) in [7, 11) is 0. The van der Waals surface area contributed by atoms with Gasteiger partial charge in [0.2, 0.25) is 0 Å². The highest BCUT2D eigenvalue weighted by atomic mass is 32.2. The van der Waals surface area contributed by atoms with Gasteiger partial charge in [-0.1, -0.05) is 47.0 Å². The molecule has 0 aromatic rings. The first-order valence-corrected chi connectivity index (χ1v) is 8.57. The highest BCUT2D eigenvalue weighted by Gasteiger charge is 2.22. The number of hydrogen-bond acceptors (Lipinski definition) is 2. The van der Waals surface area contributed by atoms with E-state index in [0.717, 1.165) is 23.6 Å². The van der Waals surface area contributed by atoms with Gasteiger partial charge in [0.25, 0.3) is 0 Å². The van der Waals surface area contributed by atoms with E-state index in [1.54, 1.807) is 0 Å². The molecule has 0 saturated heterocycles. The third-order valence-corrected chi connectivity index (χ3v) is 5.65. The zero-order valence-electron chi connectivity index (χ0n) is 12.2. The number of nitrogens with one attached hydrogen (secondary N) is 1. The van der Waals surface area contributed by atoms with Gasteiger partial charge in [-0.3, -0.25) is 0 Å². The second-order valence-electron chi connectivity index (χ2n) is 5.78. The van der Waals surface area contributed by atoms with Crippen molar-refractivity contribution in [3.8, 4) is 0 Å². The smallest absolute Gasteiger partial charge is 0.0183 e. The van der Waals surface area contributed by atoms with Gasteiger partial charge >= 0.3 is 0 Å². The molecule has 1 aliphatic carbocycles. The Hall–Kier alpha value is 0.310. The third-order valence-electron chi connectivity index (χ3n) is 4.20. The van der Waals surface area contributed by atoms with Gasteiger partial charge in [-0.2, -0.15) is 11.8 Å². The zero-order valence-corrected chi connectivity index (χ0v) is 13.0. The van der Waals surface area contributed by atoms with Gasteiger partial charge in [-0.15, -0.1) is 0 Å². The monoisotopic (exact) mass is 257 g/mol. The molecule has 2 heteroatoms. The molecule has 1 fully saturated rings. The molecule has 102 valence electrons. The van der Waals surface area contributed by atoms with Crippen molar-refractivity contribution in [3.63, 3.8) is 0 Å². The maximum atomic E-state index is 3.66. The fraction of sp³-hybridized carbons (Fsp3) is 1.00. The molecule has 0 aliphatic heterocycles. The molecule has 0 aromatic carbocycles. The molecule has 0 spiro atoms. The van der Waals surface area contributed by atoms with Crippen LogP contribution in [-0.2, 0) is 0 Å². The summed E-state index contributed by atoms with van der Waals surface area (Å²) in [6.45, 7) is 10.4. The van der Waals surface area contributed by atoms with Crippen LogP contribution in [0.1, 0.15) is 59.8 Å². The van der Waals surface area contributed by atoms with Gasteiger partial charge in [-0.25, -0.2) is 0 Å². The van der Waals surface area contributed by atoms with Crippen LogP contribution in [0.4, 0.5) is 0 Å². The van der Waals surface area contributed by atoms with E-state index in [1.165, 1.54) is 37.9 Å². The van der Waals surface area contributed by atoms with Crippen molar-refractivity contribution in [1.29, 1.82) is 0 Å². The molecule has 4 unspecified atom stereocenters. The molecular formula is C15H31NS. The van der Waals surface area contributed by atoms with Crippen LogP contribution in [0.5, 0.6) is 0 Å². The molecule has 0 radical (unpaired) electrons. The minimum Gasteiger partial charge on any atom is -0.313 e. The molecule has 0 aromatic heterocycles. The quantitative estimate of drug-likeness (QED) is 0.729. The van der Waals surface area contributed by atoms with Crippen molar-refractivity contribution in [2.75, 3.05) is 12.3 Å². The largest absolute Gasteiger partial charge is 0.313 e. The van der Waals surface area contributed by atoms with E-state index in [2.05, 4.69) is 44.8 Å². The summed E-state index contributed by atoms with van der Waals surface area (Å²) in [5, 5.41) is 4.60. The molecule has 1 N–H and O–H groups in total. The predicted molar refractivity (Wildman–Crippen MR) is 80.8 cm³/mol. The summed E-state index contributed by atoms with van der Waals surface area (Å²) >= 11 is 2.23. The fourth-order valence-corrected chi connectivity index (χ4v) is 4.46. The van der Waals surface area contributed by atoms with E-state index in [1.807, 2.05) is 0 Å². The summed E-state index contributed by atoms with van der Waals surface area (Å²) < 4.78 is 0. The minimum atomic E-state index is 0.715. The standard InChI is InChI=1S/C15H31NS/c1-5-13(4)15(16-6-2)11-17-14-9-7-8-12(3)10-14/h12-16H,5-11H2,1-4H3. The normalized spacial score (nSPS) is 28.9. The van der Waals surface area contributed by atoms with Gasteiger partial charge in [0.1, 0.15) is 0 Å². The van der Waals surface area contributed by atoms with Crippen molar-refractivity contribution in [1.82, 2.24) is 5.32 Å². The van der Waals surface area contributed by atoms with Gasteiger partial charge in [0.15, 0.2) is 0 Å². The molecule has 17 heavy (non-hydrogen) atoms. The maximum absolute atomic E-state index is 3.66. The highest BCUT2D eigenvalue weighted by molar-refractivity contribution is 7.99. The Bertz CT molecular complexity index is 195. The van der Waals surface area contributed by atoms with Crippen LogP contribution < -0.4 is 5.32 Å². The third kappa shape index (κ3) is 5.65. The van der Waals surface area contributed by atoms with Crippen LogP contribution >= 0.6 is 11.8 Å². The van der Waals surface area contributed by atoms with Crippen LogP contribution in [-0.4, -0.2) is 23.6 Å². The molecule has 1 nitrogen and oxygen atoms in total. The van der Waals surface area contributed by atoms with Gasteiger partial charge < -0.3 is 5.32 Å². The van der Waals surface area contributed by atoms with E-state index in [4.69, 9.17) is 0 Å². The molecule has 4 atom stereocenters. The Kier molecular flexibility index (Phi) is 7.61. The first-order chi connectivity index (χ1) is 8.17. The van der Waals surface area contributed by atoms with Crippen molar-refractivity contribution in [2.24, 2.45) is 11.8 Å². The van der Waals surface area contributed by atoms with E-state index >= 15 is 0 Å². The van der Waals surface area contributed by atoms with Crippen LogP contribution in [0, 0.1) is 11.8 Å². The van der Waals surface area contributed by atoms with Crippen LogP contribution in [0.3, 0.4) is 0 Å². The Balaban J connectivity index is 2.29. The van der Waals surface area contributed by atoms with Crippen molar-refractivity contribution in [3.05, 3.63) is 0 Å². The molecule has 0 heterocycles. The predicted octanol–water partition coefficient (Wildman–Crippen LogP) is 4.32. The summed E-state index contributed by atoms with van der Waals surface area (Å²) in [4.78, 5) is 0. The van der Waals surface area contributed by atoms with E-state index in [0.29, 0.717) is 6.04 Å². The molecular weight excluding hydrogens is 226 g/mol. The Morgan fingerprint density at radius 2 is 2.06 bits per heavy atom. The Morgan fingerprint density at radius 3 is 2.65 bits per heavy atom.